The van der Waals surface area contributed by atoms with Crippen LogP contribution in [0.3, 0.4) is 0 Å². The van der Waals surface area contributed by atoms with Gasteiger partial charge in [-0.05, 0) is 56.2 Å². The molecule has 0 radical (unpaired) electrons. The predicted molar refractivity (Wildman–Crippen MR) is 106 cm³/mol. The van der Waals surface area contributed by atoms with Crippen molar-refractivity contribution in [2.24, 2.45) is 5.10 Å². The van der Waals surface area contributed by atoms with E-state index in [9.17, 15) is 0 Å². The average Bonchev–Trinajstić information content (AvgIpc) is 3.05. The van der Waals surface area contributed by atoms with Crippen LogP contribution in [0, 0.1) is 13.8 Å². The molecule has 4 nitrogen and oxygen atoms in total. The van der Waals surface area contributed by atoms with Crippen molar-refractivity contribution < 1.29 is 4.74 Å². The van der Waals surface area contributed by atoms with Crippen molar-refractivity contribution in [3.05, 3.63) is 64.5 Å². The van der Waals surface area contributed by atoms with Crippen LogP contribution < -0.4 is 10.2 Å². The summed E-state index contributed by atoms with van der Waals surface area (Å²) in [6.07, 6.45) is 1.77. The molecule has 0 spiro atoms. The first-order valence-corrected chi connectivity index (χ1v) is 9.09. The number of hydrogen-bond donors (Lipinski definition) is 1. The van der Waals surface area contributed by atoms with Crippen LogP contribution in [-0.4, -0.2) is 17.8 Å². The Bertz CT molecular complexity index is 869. The number of aromatic nitrogens is 1. The molecule has 1 heterocycles. The molecular formula is C20H21N3OS. The summed E-state index contributed by atoms with van der Waals surface area (Å²) in [5.74, 6) is 0.866. The lowest BCUT2D eigenvalue weighted by molar-refractivity contribution is 0.340. The molecule has 3 rings (SSSR count). The minimum atomic E-state index is 0.668. The van der Waals surface area contributed by atoms with Gasteiger partial charge in [-0.3, -0.25) is 5.43 Å². The van der Waals surface area contributed by atoms with E-state index in [0.717, 1.165) is 27.7 Å². The molecule has 0 amide bonds. The van der Waals surface area contributed by atoms with Gasteiger partial charge in [0.2, 0.25) is 5.13 Å². The molecule has 25 heavy (non-hydrogen) atoms. The molecule has 0 fully saturated rings. The second-order valence-corrected chi connectivity index (χ2v) is 6.59. The van der Waals surface area contributed by atoms with Crippen LogP contribution in [0.4, 0.5) is 5.13 Å². The maximum absolute atomic E-state index is 5.43. The number of nitrogens with zero attached hydrogens (tertiary/aromatic N) is 2. The van der Waals surface area contributed by atoms with Crippen molar-refractivity contribution in [2.45, 2.75) is 20.8 Å². The van der Waals surface area contributed by atoms with Crippen LogP contribution in [0.5, 0.6) is 5.75 Å². The molecule has 3 aromatic rings. The van der Waals surface area contributed by atoms with E-state index in [0.29, 0.717) is 6.61 Å². The van der Waals surface area contributed by atoms with E-state index in [2.05, 4.69) is 47.6 Å². The third kappa shape index (κ3) is 4.45. The van der Waals surface area contributed by atoms with Gasteiger partial charge < -0.3 is 4.74 Å². The normalized spacial score (nSPS) is 11.0. The Morgan fingerprint density at radius 1 is 1.16 bits per heavy atom. The number of hydrazone groups is 1. The predicted octanol–water partition coefficient (Wildman–Crippen LogP) is 5.27. The van der Waals surface area contributed by atoms with Gasteiger partial charge in [-0.25, -0.2) is 4.98 Å². The van der Waals surface area contributed by atoms with Gasteiger partial charge in [0.1, 0.15) is 5.75 Å². The van der Waals surface area contributed by atoms with Crippen molar-refractivity contribution in [1.29, 1.82) is 0 Å². The highest BCUT2D eigenvalue weighted by atomic mass is 32.1. The minimum Gasteiger partial charge on any atom is -0.494 e. The summed E-state index contributed by atoms with van der Waals surface area (Å²) in [5, 5.41) is 7.09. The Kier molecular flexibility index (Phi) is 5.46. The second-order valence-electron chi connectivity index (χ2n) is 5.73. The van der Waals surface area contributed by atoms with Crippen LogP contribution in [0.2, 0.25) is 0 Å². The Morgan fingerprint density at radius 3 is 2.68 bits per heavy atom. The van der Waals surface area contributed by atoms with Crippen molar-refractivity contribution in [3.8, 4) is 17.0 Å². The van der Waals surface area contributed by atoms with E-state index < -0.39 is 0 Å². The van der Waals surface area contributed by atoms with Gasteiger partial charge in [0.25, 0.3) is 0 Å². The molecular weight excluding hydrogens is 330 g/mol. The SMILES string of the molecule is CCOc1ccc(/C=N\Nc2nc(-c3ccc(C)cc3C)cs2)cc1. The fourth-order valence-electron chi connectivity index (χ4n) is 2.53. The minimum absolute atomic E-state index is 0.668. The summed E-state index contributed by atoms with van der Waals surface area (Å²) >= 11 is 1.55. The first-order chi connectivity index (χ1) is 12.2. The van der Waals surface area contributed by atoms with Gasteiger partial charge in [0.05, 0.1) is 18.5 Å². The van der Waals surface area contributed by atoms with Gasteiger partial charge in [0.15, 0.2) is 0 Å². The quantitative estimate of drug-likeness (QED) is 0.486. The van der Waals surface area contributed by atoms with Gasteiger partial charge in [-0.15, -0.1) is 11.3 Å². The third-order valence-corrected chi connectivity index (χ3v) is 4.47. The summed E-state index contributed by atoms with van der Waals surface area (Å²) in [5.41, 5.74) is 8.62. The summed E-state index contributed by atoms with van der Waals surface area (Å²) < 4.78 is 5.43. The third-order valence-electron chi connectivity index (χ3n) is 3.73. The highest BCUT2D eigenvalue weighted by Crippen LogP contribution is 2.27. The maximum Gasteiger partial charge on any atom is 0.203 e. The smallest absolute Gasteiger partial charge is 0.203 e. The lowest BCUT2D eigenvalue weighted by atomic mass is 10.0. The van der Waals surface area contributed by atoms with Gasteiger partial charge in [-0.2, -0.15) is 5.10 Å². The zero-order valence-electron chi connectivity index (χ0n) is 14.6. The fourth-order valence-corrected chi connectivity index (χ4v) is 3.19. The number of aryl methyl sites for hydroxylation is 2. The highest BCUT2D eigenvalue weighted by molar-refractivity contribution is 7.14. The number of hydrogen-bond acceptors (Lipinski definition) is 5. The topological polar surface area (TPSA) is 46.5 Å². The van der Waals surface area contributed by atoms with Gasteiger partial charge in [0, 0.05) is 10.9 Å². The van der Waals surface area contributed by atoms with E-state index in [4.69, 9.17) is 4.74 Å². The molecule has 0 bridgehead atoms. The van der Waals surface area contributed by atoms with Crippen molar-refractivity contribution in [3.63, 3.8) is 0 Å². The Balaban J connectivity index is 1.65. The second kappa shape index (κ2) is 7.94. The zero-order valence-corrected chi connectivity index (χ0v) is 15.4. The molecule has 0 aliphatic heterocycles. The average molecular weight is 351 g/mol. The lowest BCUT2D eigenvalue weighted by Gasteiger charge is -2.03. The van der Waals surface area contributed by atoms with E-state index in [1.165, 1.54) is 11.1 Å². The number of benzene rings is 2. The summed E-state index contributed by atoms with van der Waals surface area (Å²) in [6.45, 7) is 6.85. The standard InChI is InChI=1S/C20H21N3OS/c1-4-24-17-8-6-16(7-9-17)12-21-23-20-22-19(13-25-20)18-10-5-14(2)11-15(18)3/h5-13H,4H2,1-3H3,(H,22,23)/b21-12-. The molecule has 0 atom stereocenters. The molecule has 5 heteroatoms. The van der Waals surface area contributed by atoms with Crippen LogP contribution in [-0.2, 0) is 0 Å². The van der Waals surface area contributed by atoms with Crippen molar-refractivity contribution in [1.82, 2.24) is 4.98 Å². The summed E-state index contributed by atoms with van der Waals surface area (Å²) in [4.78, 5) is 4.61. The molecule has 1 aromatic heterocycles. The monoisotopic (exact) mass is 351 g/mol. The van der Waals surface area contributed by atoms with Crippen molar-refractivity contribution in [2.75, 3.05) is 12.0 Å². The van der Waals surface area contributed by atoms with E-state index >= 15 is 0 Å². The van der Waals surface area contributed by atoms with Gasteiger partial charge >= 0.3 is 0 Å². The highest BCUT2D eigenvalue weighted by Gasteiger charge is 2.06. The zero-order chi connectivity index (χ0) is 17.6. The molecule has 0 aliphatic rings. The number of rotatable bonds is 6. The van der Waals surface area contributed by atoms with E-state index in [1.54, 1.807) is 17.6 Å². The molecule has 2 aromatic carbocycles. The lowest BCUT2D eigenvalue weighted by Crippen LogP contribution is -1.93. The summed E-state index contributed by atoms with van der Waals surface area (Å²) in [6, 6.07) is 14.2. The van der Waals surface area contributed by atoms with Crippen LogP contribution in [0.25, 0.3) is 11.3 Å². The Hall–Kier alpha value is -2.66. The largest absolute Gasteiger partial charge is 0.494 e. The molecule has 0 aliphatic carbocycles. The molecule has 128 valence electrons. The van der Waals surface area contributed by atoms with Crippen LogP contribution in [0.1, 0.15) is 23.6 Å². The van der Waals surface area contributed by atoms with E-state index in [1.807, 2.05) is 36.6 Å². The first kappa shape index (κ1) is 17.2. The van der Waals surface area contributed by atoms with Crippen LogP contribution in [0.15, 0.2) is 52.9 Å². The number of nitrogens with one attached hydrogen (secondary N) is 1. The fraction of sp³-hybridized carbons (Fsp3) is 0.200. The summed E-state index contributed by atoms with van der Waals surface area (Å²) in [7, 11) is 0. The molecule has 0 unspecified atom stereocenters. The maximum atomic E-state index is 5.43. The molecule has 0 saturated heterocycles. The molecule has 1 N–H and O–H groups in total. The number of anilines is 1. The van der Waals surface area contributed by atoms with E-state index in [-0.39, 0.29) is 0 Å². The Labute approximate surface area is 152 Å². The van der Waals surface area contributed by atoms with Gasteiger partial charge in [-0.1, -0.05) is 23.8 Å². The Morgan fingerprint density at radius 2 is 1.96 bits per heavy atom. The molecule has 0 saturated carbocycles. The van der Waals surface area contributed by atoms with Crippen molar-refractivity contribution >= 4 is 22.7 Å². The number of ether oxygens (including phenoxy) is 1. The first-order valence-electron chi connectivity index (χ1n) is 8.21. The van der Waals surface area contributed by atoms with Crippen LogP contribution >= 0.6 is 11.3 Å². The number of thiazole rings is 1.